The Morgan fingerprint density at radius 3 is 2.30 bits per heavy atom. The Labute approximate surface area is 113 Å². The minimum Gasteiger partial charge on any atom is -0.506 e. The number of pyridine rings is 1. The lowest BCUT2D eigenvalue weighted by atomic mass is 10.1. The van der Waals surface area contributed by atoms with E-state index in [9.17, 15) is 19.3 Å². The first-order valence-electron chi connectivity index (χ1n) is 5.04. The Bertz CT molecular complexity index is 598. The molecule has 0 aromatic carbocycles. The molecule has 12 heteroatoms. The number of aromatic hydroxyl groups is 1. The second kappa shape index (κ2) is 5.88. The molecule has 2 unspecified atom stereocenters. The van der Waals surface area contributed by atoms with Crippen molar-refractivity contribution in [2.75, 3.05) is 0 Å². The number of nitrogens with zero attached hydrogens (tertiary/aromatic N) is 1. The Morgan fingerprint density at radius 2 is 1.80 bits per heavy atom. The van der Waals surface area contributed by atoms with Crippen molar-refractivity contribution in [2.24, 2.45) is 0 Å². The van der Waals surface area contributed by atoms with Crippen molar-refractivity contribution < 1.29 is 42.9 Å². The number of hydrogen-bond acceptors (Lipinski definition) is 7. The van der Waals surface area contributed by atoms with Crippen LogP contribution >= 0.6 is 15.6 Å². The van der Waals surface area contributed by atoms with E-state index in [1.807, 2.05) is 0 Å². The number of phosphoric ester groups is 1. The van der Waals surface area contributed by atoms with E-state index in [4.69, 9.17) is 14.7 Å². The molecule has 1 aromatic rings. The third-order valence-electron chi connectivity index (χ3n) is 2.24. The molecule has 1 heterocycles. The van der Waals surface area contributed by atoms with Crippen molar-refractivity contribution in [1.82, 2.24) is 4.98 Å². The summed E-state index contributed by atoms with van der Waals surface area (Å²) in [7, 11) is -10.5. The molecule has 1 rings (SSSR count). The largest absolute Gasteiger partial charge is 0.506 e. The Balaban J connectivity index is 2.98. The van der Waals surface area contributed by atoms with E-state index in [0.717, 1.165) is 6.20 Å². The minimum absolute atomic E-state index is 0.126. The van der Waals surface area contributed by atoms with Crippen LogP contribution < -0.4 is 0 Å². The standard InChI is InChI=1S/C8H13NO9P2/c1-4-6(3-9-5(2)7(4)10)8(11)17-20(15,16)18-19(12,13)14/h3,8,10-11H,1-2H3,(H,15,16)(H2,12,13,14). The van der Waals surface area contributed by atoms with Gasteiger partial charge in [0.05, 0.1) is 5.69 Å². The Hall–Kier alpha value is -0.830. The van der Waals surface area contributed by atoms with Gasteiger partial charge in [0.25, 0.3) is 0 Å². The molecule has 5 N–H and O–H groups in total. The molecule has 0 aliphatic heterocycles. The summed E-state index contributed by atoms with van der Waals surface area (Å²) in [5.74, 6) is -0.256. The smallest absolute Gasteiger partial charge is 0.483 e. The highest BCUT2D eigenvalue weighted by molar-refractivity contribution is 7.60. The van der Waals surface area contributed by atoms with E-state index in [2.05, 4.69) is 13.8 Å². The summed E-state index contributed by atoms with van der Waals surface area (Å²) in [6.45, 7) is 2.88. The molecule has 0 spiro atoms. The van der Waals surface area contributed by atoms with Gasteiger partial charge < -0.3 is 24.9 Å². The predicted molar refractivity (Wildman–Crippen MR) is 64.4 cm³/mol. The average molecular weight is 329 g/mol. The maximum atomic E-state index is 11.3. The predicted octanol–water partition coefficient (Wildman–Crippen LogP) is 0.621. The minimum atomic E-state index is -5.28. The monoisotopic (exact) mass is 329 g/mol. The molecule has 1 aromatic heterocycles. The number of aliphatic hydroxyl groups excluding tert-OH is 1. The maximum absolute atomic E-state index is 11.3. The molecule has 0 bridgehead atoms. The van der Waals surface area contributed by atoms with Crippen LogP contribution in [-0.4, -0.2) is 29.9 Å². The number of aromatic nitrogens is 1. The Morgan fingerprint density at radius 1 is 1.25 bits per heavy atom. The first kappa shape index (κ1) is 17.2. The SMILES string of the molecule is Cc1ncc(C(O)OP(=O)(O)OP(=O)(O)O)c(C)c1O. The highest BCUT2D eigenvalue weighted by atomic mass is 31.3. The summed E-state index contributed by atoms with van der Waals surface area (Å²) in [6.07, 6.45) is -0.997. The fourth-order valence-electron chi connectivity index (χ4n) is 1.32. The van der Waals surface area contributed by atoms with Crippen molar-refractivity contribution in [3.8, 4) is 5.75 Å². The van der Waals surface area contributed by atoms with Gasteiger partial charge in [0.1, 0.15) is 5.75 Å². The van der Waals surface area contributed by atoms with Crippen molar-refractivity contribution in [3.63, 3.8) is 0 Å². The highest BCUT2D eigenvalue weighted by Crippen LogP contribution is 2.59. The zero-order valence-corrected chi connectivity index (χ0v) is 12.2. The molecule has 0 fully saturated rings. The van der Waals surface area contributed by atoms with Crippen LogP contribution in [0.25, 0.3) is 0 Å². The van der Waals surface area contributed by atoms with E-state index in [0.29, 0.717) is 0 Å². The van der Waals surface area contributed by atoms with Crippen LogP contribution in [0.2, 0.25) is 0 Å². The normalized spacial score (nSPS) is 16.7. The molecule has 0 aliphatic rings. The van der Waals surface area contributed by atoms with Crippen molar-refractivity contribution in [1.29, 1.82) is 0 Å². The molecule has 10 nitrogen and oxygen atoms in total. The lowest BCUT2D eigenvalue weighted by Gasteiger charge is -2.18. The summed E-state index contributed by atoms with van der Waals surface area (Å²) in [6, 6.07) is 0. The molecule has 20 heavy (non-hydrogen) atoms. The first-order valence-corrected chi connectivity index (χ1v) is 8.07. The van der Waals surface area contributed by atoms with Crippen LogP contribution in [0.4, 0.5) is 0 Å². The van der Waals surface area contributed by atoms with Gasteiger partial charge in [-0.25, -0.2) is 9.13 Å². The second-order valence-corrected chi connectivity index (χ2v) is 6.55. The van der Waals surface area contributed by atoms with E-state index < -0.39 is 21.9 Å². The molecule has 2 atom stereocenters. The number of aryl methyl sites for hydroxylation is 1. The number of hydrogen-bond donors (Lipinski definition) is 5. The quantitative estimate of drug-likeness (QED) is 0.381. The van der Waals surface area contributed by atoms with E-state index in [-0.39, 0.29) is 22.6 Å². The van der Waals surface area contributed by atoms with Crippen LogP contribution in [0.15, 0.2) is 6.20 Å². The van der Waals surface area contributed by atoms with Gasteiger partial charge in [-0.3, -0.25) is 9.51 Å². The summed E-state index contributed by atoms with van der Waals surface area (Å²) in [5, 5.41) is 19.2. The molecule has 0 radical (unpaired) electrons. The van der Waals surface area contributed by atoms with Crippen LogP contribution in [-0.2, 0) is 18.0 Å². The van der Waals surface area contributed by atoms with Gasteiger partial charge in [-0.2, -0.15) is 4.31 Å². The topological polar surface area (TPSA) is 167 Å². The molecular formula is C8H13NO9P2. The highest BCUT2D eigenvalue weighted by Gasteiger charge is 2.35. The van der Waals surface area contributed by atoms with Gasteiger partial charge in [0.15, 0.2) is 6.29 Å². The van der Waals surface area contributed by atoms with Crippen LogP contribution in [0.5, 0.6) is 5.75 Å². The van der Waals surface area contributed by atoms with Crippen LogP contribution in [0.3, 0.4) is 0 Å². The lowest BCUT2D eigenvalue weighted by Crippen LogP contribution is -2.06. The van der Waals surface area contributed by atoms with E-state index in [1.165, 1.54) is 13.8 Å². The summed E-state index contributed by atoms with van der Waals surface area (Å²) < 4.78 is 29.4. The second-order valence-electron chi connectivity index (χ2n) is 3.77. The molecule has 0 aliphatic carbocycles. The summed E-state index contributed by atoms with van der Waals surface area (Å²) >= 11 is 0. The molecular weight excluding hydrogens is 316 g/mol. The van der Waals surface area contributed by atoms with Gasteiger partial charge in [-0.15, -0.1) is 0 Å². The van der Waals surface area contributed by atoms with Gasteiger partial charge in [0, 0.05) is 17.3 Å². The van der Waals surface area contributed by atoms with Gasteiger partial charge >= 0.3 is 15.6 Å². The third kappa shape index (κ3) is 4.62. The zero-order chi connectivity index (χ0) is 15.7. The van der Waals surface area contributed by atoms with Crippen molar-refractivity contribution >= 4 is 15.6 Å². The average Bonchev–Trinajstić information content (AvgIpc) is 2.21. The summed E-state index contributed by atoms with van der Waals surface area (Å²) in [5.41, 5.74) is 0.231. The fourth-order valence-corrected chi connectivity index (χ4v) is 2.91. The summed E-state index contributed by atoms with van der Waals surface area (Å²) in [4.78, 5) is 29.6. The van der Waals surface area contributed by atoms with E-state index in [1.54, 1.807) is 0 Å². The Kier molecular flexibility index (Phi) is 5.07. The number of aliphatic hydroxyl groups is 1. The number of phosphoric acid groups is 2. The maximum Gasteiger partial charge on any atom is 0.483 e. The lowest BCUT2D eigenvalue weighted by molar-refractivity contribution is -0.0391. The van der Waals surface area contributed by atoms with Crippen molar-refractivity contribution in [3.05, 3.63) is 23.0 Å². The molecule has 0 saturated heterocycles. The molecule has 0 amide bonds. The molecule has 114 valence electrons. The zero-order valence-electron chi connectivity index (χ0n) is 10.4. The van der Waals surface area contributed by atoms with Gasteiger partial charge in [-0.05, 0) is 13.8 Å². The van der Waals surface area contributed by atoms with Crippen molar-refractivity contribution in [2.45, 2.75) is 20.1 Å². The van der Waals surface area contributed by atoms with Gasteiger partial charge in [0.2, 0.25) is 0 Å². The third-order valence-corrected chi connectivity index (χ3v) is 4.38. The van der Waals surface area contributed by atoms with Crippen LogP contribution in [0.1, 0.15) is 23.1 Å². The van der Waals surface area contributed by atoms with E-state index >= 15 is 0 Å². The fraction of sp³-hybridized carbons (Fsp3) is 0.375. The van der Waals surface area contributed by atoms with Crippen LogP contribution in [0, 0.1) is 13.8 Å². The van der Waals surface area contributed by atoms with Gasteiger partial charge in [-0.1, -0.05) is 0 Å². The number of rotatable bonds is 5. The first-order chi connectivity index (χ1) is 8.93. The molecule has 0 saturated carbocycles.